The molecule has 25 heavy (non-hydrogen) atoms. The minimum atomic E-state index is -0.813. The molecule has 3 rings (SSSR count). The molecule has 0 saturated heterocycles. The number of hydrogen-bond acceptors (Lipinski definition) is 5. The summed E-state index contributed by atoms with van der Waals surface area (Å²) >= 11 is 0. The first-order chi connectivity index (χ1) is 12.1. The van der Waals surface area contributed by atoms with Gasteiger partial charge in [-0.1, -0.05) is 6.07 Å². The molecule has 6 heteroatoms. The molecule has 1 N–H and O–H groups in total. The van der Waals surface area contributed by atoms with Crippen LogP contribution in [0.1, 0.15) is 24.2 Å². The van der Waals surface area contributed by atoms with Crippen LogP contribution in [0.3, 0.4) is 0 Å². The van der Waals surface area contributed by atoms with E-state index in [2.05, 4.69) is 4.98 Å². The third-order valence-corrected chi connectivity index (χ3v) is 4.05. The summed E-state index contributed by atoms with van der Waals surface area (Å²) in [6.45, 7) is 3.95. The molecule has 2 heterocycles. The van der Waals surface area contributed by atoms with E-state index in [0.29, 0.717) is 17.4 Å². The molecule has 1 aromatic carbocycles. The van der Waals surface area contributed by atoms with Gasteiger partial charge >= 0.3 is 5.97 Å². The highest BCUT2D eigenvalue weighted by Crippen LogP contribution is 2.30. The number of ether oxygens (including phenoxy) is 1. The average molecular weight is 338 g/mol. The maximum atomic E-state index is 12.7. The zero-order chi connectivity index (χ0) is 18.0. The summed E-state index contributed by atoms with van der Waals surface area (Å²) in [6.07, 6.45) is 3.38. The Morgan fingerprint density at radius 2 is 1.88 bits per heavy atom. The van der Waals surface area contributed by atoms with Gasteiger partial charge in [-0.25, -0.2) is 4.79 Å². The predicted octanol–water partition coefficient (Wildman–Crippen LogP) is 2.97. The molecule has 0 aliphatic heterocycles. The summed E-state index contributed by atoms with van der Waals surface area (Å²) in [4.78, 5) is 28.8. The van der Waals surface area contributed by atoms with E-state index in [1.165, 1.54) is 4.57 Å². The lowest BCUT2D eigenvalue weighted by Gasteiger charge is -2.14. The fourth-order valence-corrected chi connectivity index (χ4v) is 2.86. The van der Waals surface area contributed by atoms with Crippen molar-refractivity contribution in [1.29, 1.82) is 0 Å². The Hall–Kier alpha value is -3.15. The first-order valence-electron chi connectivity index (χ1n) is 8.05. The SMILES string of the molecule is CCOC(=O)c1c(O)c2ccc(-c3ccncc3)cc2n(CC)c1=O. The summed E-state index contributed by atoms with van der Waals surface area (Å²) in [5, 5.41) is 10.9. The zero-order valence-electron chi connectivity index (χ0n) is 14.0. The van der Waals surface area contributed by atoms with Gasteiger partial charge < -0.3 is 14.4 Å². The number of aromatic hydroxyl groups is 1. The molecule has 2 aromatic heterocycles. The van der Waals surface area contributed by atoms with Crippen LogP contribution in [0.2, 0.25) is 0 Å². The van der Waals surface area contributed by atoms with Gasteiger partial charge in [-0.3, -0.25) is 9.78 Å². The molecule has 0 fully saturated rings. The highest BCUT2D eigenvalue weighted by Gasteiger charge is 2.23. The van der Waals surface area contributed by atoms with Crippen LogP contribution in [0.15, 0.2) is 47.5 Å². The molecule has 0 unspecified atom stereocenters. The number of nitrogens with zero attached hydrogens (tertiary/aromatic N) is 2. The first-order valence-corrected chi connectivity index (χ1v) is 8.05. The van der Waals surface area contributed by atoms with Gasteiger partial charge in [-0.15, -0.1) is 0 Å². The van der Waals surface area contributed by atoms with E-state index in [4.69, 9.17) is 4.74 Å². The van der Waals surface area contributed by atoms with E-state index in [-0.39, 0.29) is 17.9 Å². The number of hydrogen-bond donors (Lipinski definition) is 1. The van der Waals surface area contributed by atoms with E-state index in [9.17, 15) is 14.7 Å². The second-order valence-corrected chi connectivity index (χ2v) is 5.46. The Labute approximate surface area is 144 Å². The maximum absolute atomic E-state index is 12.7. The first kappa shape index (κ1) is 16.7. The van der Waals surface area contributed by atoms with Crippen molar-refractivity contribution >= 4 is 16.9 Å². The van der Waals surface area contributed by atoms with Gasteiger partial charge in [0, 0.05) is 24.3 Å². The molecule has 128 valence electrons. The molecular formula is C19H18N2O4. The quantitative estimate of drug-likeness (QED) is 0.740. The van der Waals surface area contributed by atoms with Gasteiger partial charge in [0.05, 0.1) is 12.1 Å². The number of esters is 1. The molecule has 0 saturated carbocycles. The Morgan fingerprint density at radius 3 is 2.52 bits per heavy atom. The largest absolute Gasteiger partial charge is 0.506 e. The van der Waals surface area contributed by atoms with Crippen molar-refractivity contribution in [1.82, 2.24) is 9.55 Å². The second-order valence-electron chi connectivity index (χ2n) is 5.46. The van der Waals surface area contributed by atoms with Crippen LogP contribution in [0, 0.1) is 0 Å². The molecule has 0 spiro atoms. The maximum Gasteiger partial charge on any atom is 0.347 e. The number of fused-ring (bicyclic) bond motifs is 1. The highest BCUT2D eigenvalue weighted by atomic mass is 16.5. The molecule has 6 nitrogen and oxygen atoms in total. The van der Waals surface area contributed by atoms with E-state index in [1.54, 1.807) is 25.4 Å². The fraction of sp³-hybridized carbons (Fsp3) is 0.211. The van der Waals surface area contributed by atoms with E-state index in [0.717, 1.165) is 11.1 Å². The van der Waals surface area contributed by atoms with E-state index in [1.807, 2.05) is 31.2 Å². The average Bonchev–Trinajstić information content (AvgIpc) is 2.63. The lowest BCUT2D eigenvalue weighted by Crippen LogP contribution is -2.27. The minimum Gasteiger partial charge on any atom is -0.506 e. The van der Waals surface area contributed by atoms with Gasteiger partial charge in [0.1, 0.15) is 5.75 Å². The van der Waals surface area contributed by atoms with Gasteiger partial charge in [0.15, 0.2) is 5.56 Å². The molecule has 0 aliphatic carbocycles. The van der Waals surface area contributed by atoms with Crippen LogP contribution in [0.5, 0.6) is 5.75 Å². The summed E-state index contributed by atoms with van der Waals surface area (Å²) in [7, 11) is 0. The molecule has 0 bridgehead atoms. The number of rotatable bonds is 4. The van der Waals surface area contributed by atoms with Gasteiger partial charge in [-0.2, -0.15) is 0 Å². The number of carbonyl (C=O) groups is 1. The third kappa shape index (κ3) is 2.87. The van der Waals surface area contributed by atoms with Crippen LogP contribution in [-0.4, -0.2) is 27.2 Å². The second kappa shape index (κ2) is 6.76. The predicted molar refractivity (Wildman–Crippen MR) is 94.7 cm³/mol. The molecule has 3 aromatic rings. The smallest absolute Gasteiger partial charge is 0.347 e. The van der Waals surface area contributed by atoms with Crippen molar-refractivity contribution in [2.24, 2.45) is 0 Å². The summed E-state index contributed by atoms with van der Waals surface area (Å²) < 4.78 is 6.38. The van der Waals surface area contributed by atoms with Gasteiger partial charge in [0.25, 0.3) is 5.56 Å². The normalized spacial score (nSPS) is 10.8. The van der Waals surface area contributed by atoms with Crippen LogP contribution >= 0.6 is 0 Å². The van der Waals surface area contributed by atoms with Crippen molar-refractivity contribution in [2.75, 3.05) is 6.61 Å². The molecule has 0 atom stereocenters. The van der Waals surface area contributed by atoms with Gasteiger partial charge in [-0.05, 0) is 49.2 Å². The Bertz CT molecular complexity index is 994. The Morgan fingerprint density at radius 1 is 1.16 bits per heavy atom. The summed E-state index contributed by atoms with van der Waals surface area (Å²) in [5.41, 5.74) is 1.51. The zero-order valence-corrected chi connectivity index (χ0v) is 14.0. The standard InChI is InChI=1S/C19H18N2O4/c1-3-21-15-11-13(12-7-9-20-10-8-12)5-6-14(15)17(22)16(18(21)23)19(24)25-4-2/h5-11,22H,3-4H2,1-2H3. The number of benzene rings is 1. The summed E-state index contributed by atoms with van der Waals surface area (Å²) in [5.74, 6) is -1.16. The van der Waals surface area contributed by atoms with Crippen molar-refractivity contribution < 1.29 is 14.6 Å². The van der Waals surface area contributed by atoms with Gasteiger partial charge in [0.2, 0.25) is 0 Å². The minimum absolute atomic E-state index is 0.128. The summed E-state index contributed by atoms with van der Waals surface area (Å²) in [6, 6.07) is 9.08. The topological polar surface area (TPSA) is 81.4 Å². The van der Waals surface area contributed by atoms with E-state index >= 15 is 0 Å². The lowest BCUT2D eigenvalue weighted by atomic mass is 10.0. The third-order valence-electron chi connectivity index (χ3n) is 4.05. The van der Waals surface area contributed by atoms with Crippen molar-refractivity contribution in [3.05, 3.63) is 58.6 Å². The monoisotopic (exact) mass is 338 g/mol. The highest BCUT2D eigenvalue weighted by molar-refractivity contribution is 6.00. The van der Waals surface area contributed by atoms with Crippen LogP contribution in [0.25, 0.3) is 22.0 Å². The van der Waals surface area contributed by atoms with E-state index < -0.39 is 11.5 Å². The fourth-order valence-electron chi connectivity index (χ4n) is 2.86. The van der Waals surface area contributed by atoms with Crippen LogP contribution in [-0.2, 0) is 11.3 Å². The molecular weight excluding hydrogens is 320 g/mol. The van der Waals surface area contributed by atoms with Crippen LogP contribution in [0.4, 0.5) is 0 Å². The van der Waals surface area contributed by atoms with Crippen molar-refractivity contribution in [3.63, 3.8) is 0 Å². The number of aromatic nitrogens is 2. The lowest BCUT2D eigenvalue weighted by molar-refractivity contribution is 0.0520. The van der Waals surface area contributed by atoms with Crippen molar-refractivity contribution in [2.45, 2.75) is 20.4 Å². The van der Waals surface area contributed by atoms with Crippen LogP contribution < -0.4 is 5.56 Å². The molecule has 0 radical (unpaired) electrons. The Kier molecular flexibility index (Phi) is 4.52. The Balaban J connectivity index is 2.30. The number of pyridine rings is 2. The number of carbonyl (C=O) groups excluding carboxylic acids is 1. The van der Waals surface area contributed by atoms with Crippen molar-refractivity contribution in [3.8, 4) is 16.9 Å². The molecule has 0 aliphatic rings. The molecule has 0 amide bonds. The number of aryl methyl sites for hydroxylation is 1.